The maximum Gasteiger partial charge on any atom is 0.319 e. The summed E-state index contributed by atoms with van der Waals surface area (Å²) in [5.74, 6) is 0. The van der Waals surface area contributed by atoms with E-state index in [4.69, 9.17) is 0 Å². The molecule has 1 aromatic carbocycles. The fourth-order valence-electron chi connectivity index (χ4n) is 3.06. The number of hydrogen-bond donors (Lipinski definition) is 3. The molecule has 0 saturated carbocycles. The van der Waals surface area contributed by atoms with E-state index in [0.29, 0.717) is 12.2 Å². The molecule has 134 valence electrons. The Morgan fingerprint density at radius 2 is 2.16 bits per heavy atom. The predicted molar refractivity (Wildman–Crippen MR) is 96.4 cm³/mol. The van der Waals surface area contributed by atoms with Crippen molar-refractivity contribution in [3.05, 3.63) is 47.8 Å². The summed E-state index contributed by atoms with van der Waals surface area (Å²) < 4.78 is 1.73. The smallest absolute Gasteiger partial charge is 0.319 e. The van der Waals surface area contributed by atoms with Crippen molar-refractivity contribution in [1.29, 1.82) is 0 Å². The van der Waals surface area contributed by atoms with Crippen molar-refractivity contribution in [1.82, 2.24) is 20.0 Å². The monoisotopic (exact) mass is 343 g/mol. The number of β-amino-alcohol motifs (C(OH)–C–C–N with tert-alkyl or cyclic N) is 1. The number of aliphatic hydroxyl groups is 1. The summed E-state index contributed by atoms with van der Waals surface area (Å²) in [6.45, 7) is 5.26. The van der Waals surface area contributed by atoms with Gasteiger partial charge in [0, 0.05) is 38.9 Å². The standard InChI is InChI=1S/C18H25N5O2/c1-2-23-12-16(9-20-23)21-18(25)19-10-17(24)13-22-8-7-14-5-3-4-6-15(14)11-22/h3-6,9,12,17,24H,2,7-8,10-11,13H2,1H3,(H2,19,21,25)/t17-/m0/s1. The highest BCUT2D eigenvalue weighted by Gasteiger charge is 2.18. The zero-order valence-corrected chi connectivity index (χ0v) is 14.5. The number of benzene rings is 1. The molecule has 0 aliphatic carbocycles. The van der Waals surface area contributed by atoms with E-state index in [0.717, 1.165) is 26.1 Å². The number of nitrogens with zero attached hydrogens (tertiary/aromatic N) is 3. The minimum Gasteiger partial charge on any atom is -0.390 e. The Morgan fingerprint density at radius 3 is 2.92 bits per heavy atom. The van der Waals surface area contributed by atoms with Gasteiger partial charge in [0.2, 0.25) is 0 Å². The predicted octanol–water partition coefficient (Wildman–Crippen LogP) is 1.44. The van der Waals surface area contributed by atoms with Crippen molar-refractivity contribution < 1.29 is 9.90 Å². The van der Waals surface area contributed by atoms with Gasteiger partial charge in [-0.1, -0.05) is 24.3 Å². The van der Waals surface area contributed by atoms with Gasteiger partial charge >= 0.3 is 6.03 Å². The van der Waals surface area contributed by atoms with Gasteiger partial charge in [-0.2, -0.15) is 5.10 Å². The summed E-state index contributed by atoms with van der Waals surface area (Å²) in [5, 5.41) is 19.7. The molecule has 0 radical (unpaired) electrons. The molecule has 1 atom stereocenters. The van der Waals surface area contributed by atoms with Crippen LogP contribution in [-0.4, -0.2) is 51.6 Å². The average Bonchev–Trinajstić information content (AvgIpc) is 3.07. The van der Waals surface area contributed by atoms with Crippen LogP contribution < -0.4 is 10.6 Å². The number of aromatic nitrogens is 2. The molecule has 1 aliphatic heterocycles. The molecule has 1 aromatic heterocycles. The number of amides is 2. The third-order valence-corrected chi connectivity index (χ3v) is 4.39. The van der Waals surface area contributed by atoms with Gasteiger partial charge in [0.15, 0.2) is 0 Å². The van der Waals surface area contributed by atoms with E-state index in [9.17, 15) is 9.90 Å². The van der Waals surface area contributed by atoms with Crippen LogP contribution in [0, 0.1) is 0 Å². The second kappa shape index (κ2) is 8.13. The lowest BCUT2D eigenvalue weighted by Gasteiger charge is -2.30. The van der Waals surface area contributed by atoms with E-state index in [2.05, 4.69) is 38.8 Å². The molecular weight excluding hydrogens is 318 g/mol. The van der Waals surface area contributed by atoms with Crippen molar-refractivity contribution in [3.8, 4) is 0 Å². The molecule has 2 amide bonds. The summed E-state index contributed by atoms with van der Waals surface area (Å²) in [6, 6.07) is 8.08. The zero-order valence-electron chi connectivity index (χ0n) is 14.5. The number of carbonyl (C=O) groups excluding carboxylic acids is 1. The summed E-state index contributed by atoms with van der Waals surface area (Å²) in [4.78, 5) is 14.1. The first kappa shape index (κ1) is 17.4. The van der Waals surface area contributed by atoms with E-state index in [1.165, 1.54) is 11.1 Å². The number of anilines is 1. The molecule has 1 aliphatic rings. The van der Waals surface area contributed by atoms with Gasteiger partial charge in [0.05, 0.1) is 18.0 Å². The fourth-order valence-corrected chi connectivity index (χ4v) is 3.06. The van der Waals surface area contributed by atoms with Crippen LogP contribution in [0.4, 0.5) is 10.5 Å². The first-order chi connectivity index (χ1) is 12.1. The van der Waals surface area contributed by atoms with Crippen molar-refractivity contribution in [2.24, 2.45) is 0 Å². The van der Waals surface area contributed by atoms with Gasteiger partial charge in [0.25, 0.3) is 0 Å². The normalized spacial score (nSPS) is 15.4. The van der Waals surface area contributed by atoms with Crippen molar-refractivity contribution in [2.45, 2.75) is 32.5 Å². The number of aryl methyl sites for hydroxylation is 1. The Morgan fingerprint density at radius 1 is 1.36 bits per heavy atom. The molecule has 0 unspecified atom stereocenters. The average molecular weight is 343 g/mol. The Kier molecular flexibility index (Phi) is 5.67. The van der Waals surface area contributed by atoms with Gasteiger partial charge in [-0.05, 0) is 24.5 Å². The van der Waals surface area contributed by atoms with E-state index >= 15 is 0 Å². The minimum atomic E-state index is -0.602. The molecule has 3 N–H and O–H groups in total. The Balaban J connectivity index is 1.41. The Labute approximate surface area is 147 Å². The molecule has 7 heteroatoms. The maximum atomic E-state index is 11.9. The molecule has 0 fully saturated rings. The van der Waals surface area contributed by atoms with E-state index in [1.54, 1.807) is 17.1 Å². The highest BCUT2D eigenvalue weighted by molar-refractivity contribution is 5.88. The number of aliphatic hydroxyl groups excluding tert-OH is 1. The lowest BCUT2D eigenvalue weighted by atomic mass is 10.00. The Hall–Kier alpha value is -2.38. The highest BCUT2D eigenvalue weighted by Crippen LogP contribution is 2.18. The second-order valence-corrected chi connectivity index (χ2v) is 6.33. The number of nitrogens with one attached hydrogen (secondary N) is 2. The van der Waals surface area contributed by atoms with Crippen LogP contribution in [-0.2, 0) is 19.5 Å². The van der Waals surface area contributed by atoms with Crippen LogP contribution >= 0.6 is 0 Å². The quantitative estimate of drug-likeness (QED) is 0.741. The third-order valence-electron chi connectivity index (χ3n) is 4.39. The first-order valence-electron chi connectivity index (χ1n) is 8.68. The summed E-state index contributed by atoms with van der Waals surface area (Å²) >= 11 is 0. The molecular formula is C18H25N5O2. The van der Waals surface area contributed by atoms with Crippen LogP contribution in [0.3, 0.4) is 0 Å². The minimum absolute atomic E-state index is 0.214. The van der Waals surface area contributed by atoms with Gasteiger partial charge in [0.1, 0.15) is 0 Å². The van der Waals surface area contributed by atoms with Crippen molar-refractivity contribution in [2.75, 3.05) is 25.0 Å². The summed E-state index contributed by atoms with van der Waals surface area (Å²) in [6.07, 6.45) is 3.76. The molecule has 3 rings (SSSR count). The van der Waals surface area contributed by atoms with E-state index < -0.39 is 6.10 Å². The molecule has 0 spiro atoms. The highest BCUT2D eigenvalue weighted by atomic mass is 16.3. The Bertz CT molecular complexity index is 715. The van der Waals surface area contributed by atoms with Crippen LogP contribution in [0.2, 0.25) is 0 Å². The van der Waals surface area contributed by atoms with Gasteiger partial charge < -0.3 is 15.7 Å². The number of fused-ring (bicyclic) bond motifs is 1. The van der Waals surface area contributed by atoms with E-state index in [-0.39, 0.29) is 12.6 Å². The number of rotatable bonds is 6. The molecule has 0 saturated heterocycles. The summed E-state index contributed by atoms with van der Waals surface area (Å²) in [5.41, 5.74) is 3.35. The summed E-state index contributed by atoms with van der Waals surface area (Å²) in [7, 11) is 0. The number of hydrogen-bond acceptors (Lipinski definition) is 4. The largest absolute Gasteiger partial charge is 0.390 e. The molecule has 0 bridgehead atoms. The number of carbonyl (C=O) groups is 1. The molecule has 2 heterocycles. The fraction of sp³-hybridized carbons (Fsp3) is 0.444. The topological polar surface area (TPSA) is 82.4 Å². The van der Waals surface area contributed by atoms with Crippen LogP contribution in [0.5, 0.6) is 0 Å². The van der Waals surface area contributed by atoms with Crippen LogP contribution in [0.15, 0.2) is 36.7 Å². The molecule has 25 heavy (non-hydrogen) atoms. The lowest BCUT2D eigenvalue weighted by Crippen LogP contribution is -2.42. The first-order valence-corrected chi connectivity index (χ1v) is 8.68. The molecule has 7 nitrogen and oxygen atoms in total. The number of urea groups is 1. The van der Waals surface area contributed by atoms with E-state index in [1.807, 2.05) is 13.0 Å². The van der Waals surface area contributed by atoms with Crippen LogP contribution in [0.25, 0.3) is 0 Å². The molecule has 2 aromatic rings. The van der Waals surface area contributed by atoms with Crippen molar-refractivity contribution in [3.63, 3.8) is 0 Å². The SMILES string of the molecule is CCn1cc(NC(=O)NC[C@H](O)CN2CCc3ccccc3C2)cn1. The third kappa shape index (κ3) is 4.80. The second-order valence-electron chi connectivity index (χ2n) is 6.33. The zero-order chi connectivity index (χ0) is 17.6. The van der Waals surface area contributed by atoms with Crippen molar-refractivity contribution >= 4 is 11.7 Å². The maximum absolute atomic E-state index is 11.9. The van der Waals surface area contributed by atoms with Gasteiger partial charge in [-0.25, -0.2) is 4.79 Å². The van der Waals surface area contributed by atoms with Crippen LogP contribution in [0.1, 0.15) is 18.1 Å². The lowest BCUT2D eigenvalue weighted by molar-refractivity contribution is 0.106. The van der Waals surface area contributed by atoms with Gasteiger partial charge in [-0.3, -0.25) is 9.58 Å². The van der Waals surface area contributed by atoms with Gasteiger partial charge in [-0.15, -0.1) is 0 Å².